The lowest BCUT2D eigenvalue weighted by molar-refractivity contribution is 0.346. The predicted molar refractivity (Wildman–Crippen MR) is 84.9 cm³/mol. The molecule has 114 valence electrons. The van der Waals surface area contributed by atoms with Crippen molar-refractivity contribution in [3.8, 4) is 0 Å². The molecule has 0 fully saturated rings. The van der Waals surface area contributed by atoms with E-state index in [1.54, 1.807) is 13.2 Å². The maximum absolute atomic E-state index is 4.26. The molecule has 0 aliphatic heterocycles. The maximum Gasteiger partial charge on any atom is 0.191 e. The monoisotopic (exact) mass is 279 g/mol. The summed E-state index contributed by atoms with van der Waals surface area (Å²) in [5, 5.41) is 10.9. The number of aliphatic imine (C=N–C) groups is 1. The van der Waals surface area contributed by atoms with Crippen LogP contribution in [0.25, 0.3) is 0 Å². The van der Waals surface area contributed by atoms with Crippen LogP contribution in [0, 0.1) is 5.41 Å². The molecule has 2 N–H and O–H groups in total. The Morgan fingerprint density at radius 3 is 2.70 bits per heavy atom. The van der Waals surface area contributed by atoms with E-state index in [4.69, 9.17) is 0 Å². The number of hydrogen-bond acceptors (Lipinski definition) is 2. The summed E-state index contributed by atoms with van der Waals surface area (Å²) in [4.78, 5) is 4.26. The molecule has 20 heavy (non-hydrogen) atoms. The van der Waals surface area contributed by atoms with Gasteiger partial charge in [-0.15, -0.1) is 0 Å². The molecule has 0 aliphatic carbocycles. The first kappa shape index (κ1) is 16.5. The summed E-state index contributed by atoms with van der Waals surface area (Å²) < 4.78 is 1.91. The molecule has 1 unspecified atom stereocenters. The van der Waals surface area contributed by atoms with E-state index in [0.717, 1.165) is 25.5 Å². The molecule has 0 saturated carbocycles. The Bertz CT molecular complexity index is 389. The normalized spacial score (nSPS) is 14.2. The first-order valence-corrected chi connectivity index (χ1v) is 7.35. The van der Waals surface area contributed by atoms with Crippen LogP contribution in [-0.2, 0) is 6.54 Å². The summed E-state index contributed by atoms with van der Waals surface area (Å²) in [5.74, 6) is 0.860. The van der Waals surface area contributed by atoms with E-state index < -0.39 is 0 Å². The molecule has 1 heterocycles. The summed E-state index contributed by atoms with van der Waals surface area (Å²) in [6.07, 6.45) is 6.10. The first-order chi connectivity index (χ1) is 9.40. The van der Waals surface area contributed by atoms with Crippen LogP contribution >= 0.6 is 0 Å². The van der Waals surface area contributed by atoms with Crippen molar-refractivity contribution in [1.82, 2.24) is 20.4 Å². The van der Waals surface area contributed by atoms with E-state index in [9.17, 15) is 0 Å². The maximum atomic E-state index is 4.26. The fourth-order valence-electron chi connectivity index (χ4n) is 1.87. The van der Waals surface area contributed by atoms with Gasteiger partial charge < -0.3 is 10.6 Å². The fraction of sp³-hybridized carbons (Fsp3) is 0.733. The fourth-order valence-corrected chi connectivity index (χ4v) is 1.87. The van der Waals surface area contributed by atoms with Crippen LogP contribution in [0.4, 0.5) is 0 Å². The third kappa shape index (κ3) is 7.16. The third-order valence-electron chi connectivity index (χ3n) is 3.13. The molecule has 1 atom stereocenters. The summed E-state index contributed by atoms with van der Waals surface area (Å²) >= 11 is 0. The second-order valence-corrected chi connectivity index (χ2v) is 6.41. The zero-order valence-electron chi connectivity index (χ0n) is 13.5. The first-order valence-electron chi connectivity index (χ1n) is 7.35. The van der Waals surface area contributed by atoms with Gasteiger partial charge in [-0.25, -0.2) is 0 Å². The van der Waals surface area contributed by atoms with Crippen molar-refractivity contribution in [2.45, 2.75) is 53.1 Å². The van der Waals surface area contributed by atoms with E-state index in [0.29, 0.717) is 11.5 Å². The zero-order chi connectivity index (χ0) is 15.0. The molecule has 1 rings (SSSR count). The van der Waals surface area contributed by atoms with Crippen molar-refractivity contribution in [1.29, 1.82) is 0 Å². The number of nitrogens with zero attached hydrogens (tertiary/aromatic N) is 3. The molecule has 5 nitrogen and oxygen atoms in total. The minimum atomic E-state index is 0.382. The van der Waals surface area contributed by atoms with Crippen molar-refractivity contribution in [2.75, 3.05) is 13.6 Å². The van der Waals surface area contributed by atoms with Crippen LogP contribution < -0.4 is 10.6 Å². The lowest BCUT2D eigenvalue weighted by Gasteiger charge is -2.23. The van der Waals surface area contributed by atoms with Gasteiger partial charge in [0.25, 0.3) is 0 Å². The van der Waals surface area contributed by atoms with Crippen molar-refractivity contribution in [2.24, 2.45) is 10.4 Å². The summed E-state index contributed by atoms with van der Waals surface area (Å²) in [6, 6.07) is 2.35. The van der Waals surface area contributed by atoms with Crippen molar-refractivity contribution in [3.63, 3.8) is 0 Å². The van der Waals surface area contributed by atoms with Crippen molar-refractivity contribution >= 4 is 5.96 Å². The Morgan fingerprint density at radius 1 is 1.40 bits per heavy atom. The number of rotatable bonds is 6. The van der Waals surface area contributed by atoms with Crippen LogP contribution in [0.2, 0.25) is 0 Å². The van der Waals surface area contributed by atoms with Gasteiger partial charge in [-0.1, -0.05) is 20.8 Å². The highest BCUT2D eigenvalue weighted by atomic mass is 15.3. The third-order valence-corrected chi connectivity index (χ3v) is 3.13. The van der Waals surface area contributed by atoms with Crippen LogP contribution in [-0.4, -0.2) is 35.4 Å². The Kier molecular flexibility index (Phi) is 6.55. The lowest BCUT2D eigenvalue weighted by atomic mass is 9.89. The Labute approximate surface area is 122 Å². The summed E-state index contributed by atoms with van der Waals surface area (Å²) in [5.41, 5.74) is 0.382. The van der Waals surface area contributed by atoms with Gasteiger partial charge in [0.15, 0.2) is 5.96 Å². The highest BCUT2D eigenvalue weighted by Crippen LogP contribution is 2.21. The SMILES string of the molecule is CN=C(NCCn1cccn1)NC(C)CCC(C)(C)C. The minimum absolute atomic E-state index is 0.382. The van der Waals surface area contributed by atoms with Gasteiger partial charge in [-0.2, -0.15) is 5.10 Å². The average molecular weight is 279 g/mol. The van der Waals surface area contributed by atoms with Crippen LogP contribution in [0.3, 0.4) is 0 Å². The van der Waals surface area contributed by atoms with Gasteiger partial charge in [-0.05, 0) is 31.2 Å². The largest absolute Gasteiger partial charge is 0.355 e. The van der Waals surface area contributed by atoms with Gasteiger partial charge in [0.1, 0.15) is 0 Å². The number of guanidine groups is 1. The summed E-state index contributed by atoms with van der Waals surface area (Å²) in [7, 11) is 1.81. The smallest absolute Gasteiger partial charge is 0.191 e. The Balaban J connectivity index is 2.25. The number of hydrogen-bond donors (Lipinski definition) is 2. The number of nitrogens with one attached hydrogen (secondary N) is 2. The summed E-state index contributed by atoms with van der Waals surface area (Å²) in [6.45, 7) is 10.7. The van der Waals surface area contributed by atoms with E-state index in [1.165, 1.54) is 6.42 Å². The van der Waals surface area contributed by atoms with Crippen LogP contribution in [0.15, 0.2) is 23.5 Å². The van der Waals surface area contributed by atoms with Gasteiger partial charge in [-0.3, -0.25) is 9.67 Å². The Hall–Kier alpha value is -1.52. The molecule has 0 aliphatic rings. The van der Waals surface area contributed by atoms with E-state index in [1.807, 2.05) is 16.9 Å². The predicted octanol–water partition coefficient (Wildman–Crippen LogP) is 2.26. The molecule has 0 radical (unpaired) electrons. The van der Waals surface area contributed by atoms with E-state index >= 15 is 0 Å². The van der Waals surface area contributed by atoms with Gasteiger partial charge >= 0.3 is 0 Å². The second kappa shape index (κ2) is 7.92. The molecule has 0 bridgehead atoms. The van der Waals surface area contributed by atoms with Gasteiger partial charge in [0.2, 0.25) is 0 Å². The van der Waals surface area contributed by atoms with Crippen LogP contribution in [0.5, 0.6) is 0 Å². The van der Waals surface area contributed by atoms with Gasteiger partial charge in [0, 0.05) is 32.0 Å². The standard InChI is InChI=1S/C15H29N5/c1-13(7-8-15(2,3)4)19-14(16-5)17-10-12-20-11-6-9-18-20/h6,9,11,13H,7-8,10,12H2,1-5H3,(H2,16,17,19). The van der Waals surface area contributed by atoms with Crippen LogP contribution in [0.1, 0.15) is 40.5 Å². The van der Waals surface area contributed by atoms with Crippen molar-refractivity contribution in [3.05, 3.63) is 18.5 Å². The van der Waals surface area contributed by atoms with Gasteiger partial charge in [0.05, 0.1) is 6.54 Å². The average Bonchev–Trinajstić information content (AvgIpc) is 2.87. The van der Waals surface area contributed by atoms with E-state index in [-0.39, 0.29) is 0 Å². The molecule has 0 aromatic carbocycles. The molecule has 1 aromatic rings. The molecule has 0 spiro atoms. The molecule has 0 saturated heterocycles. The lowest BCUT2D eigenvalue weighted by Crippen LogP contribution is -2.43. The highest BCUT2D eigenvalue weighted by molar-refractivity contribution is 5.79. The highest BCUT2D eigenvalue weighted by Gasteiger charge is 2.13. The second-order valence-electron chi connectivity index (χ2n) is 6.41. The minimum Gasteiger partial charge on any atom is -0.355 e. The quantitative estimate of drug-likeness (QED) is 0.620. The molecular weight excluding hydrogens is 250 g/mol. The van der Waals surface area contributed by atoms with E-state index in [2.05, 4.69) is 48.4 Å². The topological polar surface area (TPSA) is 54.2 Å². The Morgan fingerprint density at radius 2 is 2.15 bits per heavy atom. The molecular formula is C15H29N5. The zero-order valence-corrected chi connectivity index (χ0v) is 13.5. The molecule has 0 amide bonds. The van der Waals surface area contributed by atoms with Crippen molar-refractivity contribution < 1.29 is 0 Å². The molecule has 5 heteroatoms. The number of aromatic nitrogens is 2. The molecule has 1 aromatic heterocycles.